The van der Waals surface area contributed by atoms with Crippen LogP contribution in [-0.2, 0) is 0 Å². The largest absolute Gasteiger partial charge is 0.227 e. The van der Waals surface area contributed by atoms with E-state index >= 15 is 0 Å². The van der Waals surface area contributed by atoms with Gasteiger partial charge in [0.1, 0.15) is 5.69 Å². The van der Waals surface area contributed by atoms with Crippen LogP contribution in [-0.4, -0.2) is 4.98 Å². The molecule has 0 spiro atoms. The van der Waals surface area contributed by atoms with Crippen molar-refractivity contribution in [2.75, 3.05) is 0 Å². The summed E-state index contributed by atoms with van der Waals surface area (Å²) in [5.41, 5.74) is 1.01. The Morgan fingerprint density at radius 2 is 1.85 bits per heavy atom. The number of halogens is 3. The topological polar surface area (TPSA) is 12.9 Å². The number of aromatic nitrogens is 1. The van der Waals surface area contributed by atoms with E-state index in [1.807, 2.05) is 6.07 Å². The van der Waals surface area contributed by atoms with Gasteiger partial charge in [0.05, 0.1) is 12.4 Å². The Balaban J connectivity index is 2.51. The third kappa shape index (κ3) is 2.23. The van der Waals surface area contributed by atoms with Crippen molar-refractivity contribution in [2.24, 2.45) is 0 Å². The van der Waals surface area contributed by atoms with E-state index in [0.717, 1.165) is 17.2 Å². The van der Waals surface area contributed by atoms with E-state index in [1.54, 1.807) is 22.7 Å². The molecule has 0 saturated carbocycles. The van der Waals surface area contributed by atoms with Gasteiger partial charge in [-0.05, 0) is 59.9 Å². The predicted octanol–water partition coefficient (Wildman–Crippen LogP) is 5.16. The fourth-order valence-electron chi connectivity index (χ4n) is 0.870. The summed E-state index contributed by atoms with van der Waals surface area (Å²) in [4.78, 5) is 5.54. The normalized spacial score (nSPS) is 10.7. The molecule has 0 aliphatic rings. The lowest BCUT2D eigenvalue weighted by molar-refractivity contribution is 1.38. The molecule has 0 N–H and O–H groups in total. The summed E-state index contributed by atoms with van der Waals surface area (Å²) in [6.07, 6.45) is 0. The maximum absolute atomic E-state index is 4.37. The highest BCUT2D eigenvalue weighted by molar-refractivity contribution is 9.12. The Labute approximate surface area is 109 Å². The van der Waals surface area contributed by atoms with E-state index in [2.05, 4.69) is 58.8 Å². The van der Waals surface area contributed by atoms with E-state index in [0.29, 0.717) is 0 Å². The standard InChI is InChI=1S/C7H2Br3NS2/c8-4-2-1-3(12-4)5-6(9)13-7(10)11-5/h1-2H. The number of thiazole rings is 1. The summed E-state index contributed by atoms with van der Waals surface area (Å²) in [5.74, 6) is 0. The third-order valence-electron chi connectivity index (χ3n) is 1.37. The van der Waals surface area contributed by atoms with Crippen LogP contribution in [0.25, 0.3) is 10.6 Å². The maximum Gasteiger partial charge on any atom is 0.160 e. The second-order valence-corrected chi connectivity index (χ2v) is 8.25. The van der Waals surface area contributed by atoms with Crippen LogP contribution in [0.1, 0.15) is 0 Å². The molecule has 68 valence electrons. The molecule has 2 heterocycles. The minimum atomic E-state index is 0.902. The van der Waals surface area contributed by atoms with Crippen molar-refractivity contribution >= 4 is 70.5 Å². The van der Waals surface area contributed by atoms with E-state index < -0.39 is 0 Å². The molecule has 0 aromatic carbocycles. The fraction of sp³-hybridized carbons (Fsp3) is 0. The van der Waals surface area contributed by atoms with Crippen LogP contribution in [0, 0.1) is 0 Å². The minimum absolute atomic E-state index is 0.902. The zero-order valence-corrected chi connectivity index (χ0v) is 12.4. The van der Waals surface area contributed by atoms with Gasteiger partial charge in [-0.3, -0.25) is 0 Å². The van der Waals surface area contributed by atoms with Gasteiger partial charge in [0.25, 0.3) is 0 Å². The third-order valence-corrected chi connectivity index (χ3v) is 5.15. The summed E-state index contributed by atoms with van der Waals surface area (Å²) in [5, 5.41) is 0. The monoisotopic (exact) mass is 401 g/mol. The van der Waals surface area contributed by atoms with E-state index in [1.165, 1.54) is 4.88 Å². The first-order valence-corrected chi connectivity index (χ1v) is 7.25. The quantitative estimate of drug-likeness (QED) is 0.641. The first kappa shape index (κ1) is 10.3. The van der Waals surface area contributed by atoms with Gasteiger partial charge in [-0.2, -0.15) is 0 Å². The van der Waals surface area contributed by atoms with E-state index in [9.17, 15) is 0 Å². The molecule has 0 aliphatic heterocycles. The van der Waals surface area contributed by atoms with Crippen molar-refractivity contribution in [3.63, 3.8) is 0 Å². The number of rotatable bonds is 1. The number of hydrogen-bond acceptors (Lipinski definition) is 3. The van der Waals surface area contributed by atoms with Crippen LogP contribution >= 0.6 is 70.5 Å². The van der Waals surface area contributed by atoms with Gasteiger partial charge in [0.15, 0.2) is 3.92 Å². The summed E-state index contributed by atoms with van der Waals surface area (Å²) in [6.45, 7) is 0. The van der Waals surface area contributed by atoms with E-state index in [-0.39, 0.29) is 0 Å². The van der Waals surface area contributed by atoms with Gasteiger partial charge in [0, 0.05) is 0 Å². The average Bonchev–Trinajstić information content (AvgIpc) is 2.58. The van der Waals surface area contributed by atoms with Crippen LogP contribution < -0.4 is 0 Å². The Kier molecular flexibility index (Phi) is 3.25. The highest BCUT2D eigenvalue weighted by atomic mass is 79.9. The molecule has 0 radical (unpaired) electrons. The second kappa shape index (κ2) is 4.10. The van der Waals surface area contributed by atoms with Crippen LogP contribution in [0.15, 0.2) is 23.6 Å². The first-order chi connectivity index (χ1) is 6.16. The maximum atomic E-state index is 4.37. The molecule has 13 heavy (non-hydrogen) atoms. The van der Waals surface area contributed by atoms with Crippen LogP contribution in [0.2, 0.25) is 0 Å². The summed E-state index contributed by atoms with van der Waals surface area (Å²) in [6, 6.07) is 4.08. The molecule has 2 aromatic heterocycles. The van der Waals surface area contributed by atoms with Crippen LogP contribution in [0.4, 0.5) is 0 Å². The van der Waals surface area contributed by atoms with Gasteiger partial charge < -0.3 is 0 Å². The molecule has 0 aliphatic carbocycles. The molecule has 2 aromatic rings. The molecule has 2 rings (SSSR count). The van der Waals surface area contributed by atoms with Gasteiger partial charge >= 0.3 is 0 Å². The second-order valence-electron chi connectivity index (χ2n) is 2.19. The molecule has 0 atom stereocenters. The number of nitrogens with zero attached hydrogens (tertiary/aromatic N) is 1. The van der Waals surface area contributed by atoms with Gasteiger partial charge in [-0.25, -0.2) is 4.98 Å². The Bertz CT molecular complexity index is 435. The summed E-state index contributed by atoms with van der Waals surface area (Å²) in [7, 11) is 0. The van der Waals surface area contributed by atoms with Crippen molar-refractivity contribution in [3.8, 4) is 10.6 Å². The van der Waals surface area contributed by atoms with Crippen molar-refractivity contribution in [3.05, 3.63) is 23.6 Å². The number of thiophene rings is 1. The zero-order chi connectivity index (χ0) is 9.42. The fourth-order valence-corrected chi connectivity index (χ4v) is 5.06. The summed E-state index contributed by atoms with van der Waals surface area (Å²) >= 11 is 13.5. The molecule has 0 fully saturated rings. The lowest BCUT2D eigenvalue weighted by Crippen LogP contribution is -1.70. The smallest absolute Gasteiger partial charge is 0.160 e. The molecule has 0 saturated heterocycles. The van der Waals surface area contributed by atoms with Crippen molar-refractivity contribution in [1.29, 1.82) is 0 Å². The van der Waals surface area contributed by atoms with Crippen molar-refractivity contribution < 1.29 is 0 Å². The molecule has 1 nitrogen and oxygen atoms in total. The van der Waals surface area contributed by atoms with Crippen LogP contribution in [0.5, 0.6) is 0 Å². The highest BCUT2D eigenvalue weighted by Gasteiger charge is 2.11. The van der Waals surface area contributed by atoms with Gasteiger partial charge in [-0.15, -0.1) is 11.3 Å². The zero-order valence-electron chi connectivity index (χ0n) is 6.05. The van der Waals surface area contributed by atoms with E-state index in [4.69, 9.17) is 0 Å². The number of hydrogen-bond donors (Lipinski definition) is 0. The average molecular weight is 404 g/mol. The molecule has 0 amide bonds. The molecule has 0 bridgehead atoms. The molecular formula is C7H2Br3NS2. The minimum Gasteiger partial charge on any atom is -0.227 e. The summed E-state index contributed by atoms with van der Waals surface area (Å²) < 4.78 is 3.09. The molecule has 6 heteroatoms. The SMILES string of the molecule is Brc1ccc(-c2nc(Br)sc2Br)s1. The van der Waals surface area contributed by atoms with Crippen molar-refractivity contribution in [2.45, 2.75) is 0 Å². The van der Waals surface area contributed by atoms with Gasteiger partial charge in [-0.1, -0.05) is 11.3 Å². The predicted molar refractivity (Wildman–Crippen MR) is 68.5 cm³/mol. The lowest BCUT2D eigenvalue weighted by atomic mass is 10.4. The molecule has 0 unspecified atom stereocenters. The Morgan fingerprint density at radius 3 is 2.31 bits per heavy atom. The highest BCUT2D eigenvalue weighted by Crippen LogP contribution is 2.39. The lowest BCUT2D eigenvalue weighted by Gasteiger charge is -1.88. The van der Waals surface area contributed by atoms with Gasteiger partial charge in [0.2, 0.25) is 0 Å². The van der Waals surface area contributed by atoms with Crippen molar-refractivity contribution in [1.82, 2.24) is 4.98 Å². The molecular weight excluding hydrogens is 402 g/mol. The van der Waals surface area contributed by atoms with Crippen LogP contribution in [0.3, 0.4) is 0 Å². The Hall–Kier alpha value is 0.770. The Morgan fingerprint density at radius 1 is 1.08 bits per heavy atom. The first-order valence-electron chi connectivity index (χ1n) is 3.24.